The van der Waals surface area contributed by atoms with Gasteiger partial charge in [-0.2, -0.15) is 0 Å². The van der Waals surface area contributed by atoms with Crippen LogP contribution in [0.2, 0.25) is 0 Å². The highest BCUT2D eigenvalue weighted by molar-refractivity contribution is 5.94. The zero-order valence-corrected chi connectivity index (χ0v) is 30.9. The maximum Gasteiger partial charge on any atom is 0.0468 e. The summed E-state index contributed by atoms with van der Waals surface area (Å²) in [6.45, 7) is 23.4. The predicted octanol–water partition coefficient (Wildman–Crippen LogP) is 13.5. The fraction of sp³-hybridized carbons (Fsp3) is 0.292. The number of fused-ring (bicyclic) bond motifs is 7. The summed E-state index contributed by atoms with van der Waals surface area (Å²) in [5, 5.41) is 2.59. The molecule has 0 amide bonds. The summed E-state index contributed by atoms with van der Waals surface area (Å²) in [5.74, 6) is 0. The molecule has 0 saturated heterocycles. The van der Waals surface area contributed by atoms with Gasteiger partial charge in [-0.15, -0.1) is 0 Å². The van der Waals surface area contributed by atoms with Gasteiger partial charge < -0.3 is 4.90 Å². The van der Waals surface area contributed by atoms with Gasteiger partial charge in [0.1, 0.15) is 0 Å². The van der Waals surface area contributed by atoms with Gasteiger partial charge in [0.25, 0.3) is 0 Å². The molecule has 0 N–H and O–H groups in total. The van der Waals surface area contributed by atoms with E-state index in [0.29, 0.717) is 0 Å². The van der Waals surface area contributed by atoms with Crippen molar-refractivity contribution in [1.29, 1.82) is 0 Å². The molecule has 0 saturated carbocycles. The van der Waals surface area contributed by atoms with Crippen LogP contribution in [0.4, 0.5) is 17.1 Å². The largest absolute Gasteiger partial charge is 0.310 e. The molecule has 6 aromatic carbocycles. The van der Waals surface area contributed by atoms with Crippen LogP contribution in [0.3, 0.4) is 0 Å². The predicted molar refractivity (Wildman–Crippen MR) is 211 cm³/mol. The van der Waals surface area contributed by atoms with Gasteiger partial charge in [-0.25, -0.2) is 0 Å². The summed E-state index contributed by atoms with van der Waals surface area (Å²) in [7, 11) is 0. The smallest absolute Gasteiger partial charge is 0.0468 e. The first-order valence-electron chi connectivity index (χ1n) is 17.9. The van der Waals surface area contributed by atoms with Crippen molar-refractivity contribution in [3.8, 4) is 22.3 Å². The third-order valence-corrected chi connectivity index (χ3v) is 11.5. The van der Waals surface area contributed by atoms with Crippen LogP contribution in [0.5, 0.6) is 0 Å². The van der Waals surface area contributed by atoms with Crippen LogP contribution in [0.15, 0.2) is 115 Å². The van der Waals surface area contributed by atoms with Gasteiger partial charge in [0.2, 0.25) is 0 Å². The molecule has 0 heterocycles. The molecule has 0 spiro atoms. The van der Waals surface area contributed by atoms with Crippen molar-refractivity contribution in [2.24, 2.45) is 0 Å². The van der Waals surface area contributed by atoms with Gasteiger partial charge in [-0.1, -0.05) is 148 Å². The van der Waals surface area contributed by atoms with Crippen LogP contribution in [0.25, 0.3) is 33.0 Å². The van der Waals surface area contributed by atoms with Crippen LogP contribution in [-0.4, -0.2) is 0 Å². The summed E-state index contributed by atoms with van der Waals surface area (Å²) < 4.78 is 0. The Morgan fingerprint density at radius 3 is 1.55 bits per heavy atom. The summed E-state index contributed by atoms with van der Waals surface area (Å²) in [5.41, 5.74) is 17.3. The van der Waals surface area contributed by atoms with E-state index < -0.39 is 0 Å². The maximum atomic E-state index is 2.50. The van der Waals surface area contributed by atoms with Gasteiger partial charge in [0.05, 0.1) is 0 Å². The lowest BCUT2D eigenvalue weighted by molar-refractivity contribution is 0.584. The molecule has 0 unspecified atom stereocenters. The molecule has 2 aliphatic rings. The molecule has 6 aromatic rings. The van der Waals surface area contributed by atoms with Crippen LogP contribution in [0.1, 0.15) is 103 Å². The zero-order valence-electron chi connectivity index (χ0n) is 30.9. The number of hydrogen-bond acceptors (Lipinski definition) is 1. The van der Waals surface area contributed by atoms with Crippen molar-refractivity contribution in [2.45, 2.75) is 90.9 Å². The highest BCUT2D eigenvalue weighted by atomic mass is 15.1. The molecule has 0 fully saturated rings. The second-order valence-corrected chi connectivity index (χ2v) is 17.6. The minimum absolute atomic E-state index is 0.0294. The van der Waals surface area contributed by atoms with E-state index in [2.05, 4.69) is 189 Å². The topological polar surface area (TPSA) is 3.24 Å². The molecular weight excluding hydrogens is 591 g/mol. The lowest BCUT2D eigenvalue weighted by Crippen LogP contribution is -2.19. The van der Waals surface area contributed by atoms with Crippen molar-refractivity contribution in [3.63, 3.8) is 0 Å². The van der Waals surface area contributed by atoms with E-state index in [-0.39, 0.29) is 21.7 Å². The zero-order chi connectivity index (χ0) is 34.7. The van der Waals surface area contributed by atoms with E-state index in [1.165, 1.54) is 83.5 Å². The highest BCUT2D eigenvalue weighted by Gasteiger charge is 2.38. The van der Waals surface area contributed by atoms with Gasteiger partial charge in [0.15, 0.2) is 0 Å². The van der Waals surface area contributed by atoms with Gasteiger partial charge in [-0.3, -0.25) is 0 Å². The van der Waals surface area contributed by atoms with E-state index in [1.54, 1.807) is 0 Å². The molecule has 0 aliphatic heterocycles. The Hall–Kier alpha value is -4.62. The lowest BCUT2D eigenvalue weighted by atomic mass is 9.79. The summed E-state index contributed by atoms with van der Waals surface area (Å²) in [6.07, 6.45) is 0. The van der Waals surface area contributed by atoms with Crippen molar-refractivity contribution >= 4 is 27.8 Å². The minimum Gasteiger partial charge on any atom is -0.310 e. The molecule has 0 radical (unpaired) electrons. The molecular formula is C48H49N. The van der Waals surface area contributed by atoms with E-state index in [0.717, 1.165) is 0 Å². The Morgan fingerprint density at radius 2 is 0.939 bits per heavy atom. The second-order valence-electron chi connectivity index (χ2n) is 17.6. The Bertz CT molecular complexity index is 2300. The molecule has 2 aliphatic carbocycles. The van der Waals surface area contributed by atoms with Crippen LogP contribution < -0.4 is 4.90 Å². The van der Waals surface area contributed by atoms with Gasteiger partial charge in [-0.05, 0) is 114 Å². The third kappa shape index (κ3) is 4.80. The summed E-state index contributed by atoms with van der Waals surface area (Å²) in [6, 6.07) is 44.2. The summed E-state index contributed by atoms with van der Waals surface area (Å²) >= 11 is 0. The summed E-state index contributed by atoms with van der Waals surface area (Å²) in [4.78, 5) is 2.50. The Labute approximate surface area is 293 Å². The standard InChI is InChI=1S/C48H49N/c1-45(2,3)31-19-23-36-38-25-22-34(29-44(38)48(9,10)42(36)26-31)49(32-20-18-30-14-13-17-40(39(30)27-32)46(4,5)6)33-21-24-37-35-15-11-12-16-41(35)47(7,8)43(37)28-33/h11-29H,1-10H3. The SMILES string of the molecule is CC(C)(C)c1ccc2c(c1)C(C)(C)c1cc(N(c3ccc4c(c3)C(C)(C)c3ccccc3-4)c3ccc4cccc(C(C)(C)C)c4c3)ccc1-2. The van der Waals surface area contributed by atoms with Crippen LogP contribution in [-0.2, 0) is 21.7 Å². The molecule has 1 heteroatoms. The third-order valence-electron chi connectivity index (χ3n) is 11.5. The molecule has 8 rings (SSSR count). The second kappa shape index (κ2) is 10.4. The number of nitrogens with zero attached hydrogens (tertiary/aromatic N) is 1. The van der Waals surface area contributed by atoms with Crippen LogP contribution in [0, 0.1) is 0 Å². The quantitative estimate of drug-likeness (QED) is 0.186. The molecule has 246 valence electrons. The van der Waals surface area contributed by atoms with E-state index in [1.807, 2.05) is 0 Å². The van der Waals surface area contributed by atoms with Crippen molar-refractivity contribution < 1.29 is 0 Å². The molecule has 0 bridgehead atoms. The number of benzene rings is 6. The Balaban J connectivity index is 1.34. The van der Waals surface area contributed by atoms with Crippen LogP contribution >= 0.6 is 0 Å². The van der Waals surface area contributed by atoms with Crippen molar-refractivity contribution in [3.05, 3.63) is 149 Å². The van der Waals surface area contributed by atoms with Crippen molar-refractivity contribution in [2.75, 3.05) is 4.90 Å². The average molecular weight is 640 g/mol. The van der Waals surface area contributed by atoms with Crippen molar-refractivity contribution in [1.82, 2.24) is 0 Å². The lowest BCUT2D eigenvalue weighted by Gasteiger charge is -2.30. The van der Waals surface area contributed by atoms with Gasteiger partial charge in [0, 0.05) is 27.9 Å². The fourth-order valence-electron chi connectivity index (χ4n) is 8.66. The first-order valence-corrected chi connectivity index (χ1v) is 17.9. The van der Waals surface area contributed by atoms with E-state index in [9.17, 15) is 0 Å². The molecule has 0 aromatic heterocycles. The average Bonchev–Trinajstić information content (AvgIpc) is 3.42. The van der Waals surface area contributed by atoms with Gasteiger partial charge >= 0.3 is 0 Å². The number of anilines is 3. The first kappa shape index (κ1) is 31.6. The minimum atomic E-state index is -0.113. The van der Waals surface area contributed by atoms with E-state index in [4.69, 9.17) is 0 Å². The molecule has 49 heavy (non-hydrogen) atoms. The molecule has 1 nitrogen and oxygen atoms in total. The fourth-order valence-corrected chi connectivity index (χ4v) is 8.66. The number of hydrogen-bond donors (Lipinski definition) is 0. The number of rotatable bonds is 3. The highest BCUT2D eigenvalue weighted by Crippen LogP contribution is 2.53. The monoisotopic (exact) mass is 639 g/mol. The maximum absolute atomic E-state index is 2.50. The molecule has 0 atom stereocenters. The normalized spacial score (nSPS) is 15.5. The first-order chi connectivity index (χ1) is 23.1. The van der Waals surface area contributed by atoms with E-state index >= 15 is 0 Å². The Kier molecular flexibility index (Phi) is 6.74. The Morgan fingerprint density at radius 1 is 0.429 bits per heavy atom.